The molecule has 0 nitrogen and oxygen atoms in total. The van der Waals surface area contributed by atoms with Gasteiger partial charge < -0.3 is 0 Å². The molecule has 1 aliphatic carbocycles. The third-order valence-electron chi connectivity index (χ3n) is 12.2. The third-order valence-corrected chi connectivity index (χ3v) is 13.3. The molecule has 12 rings (SSSR count). The zero-order valence-electron chi connectivity index (χ0n) is 28.9. The van der Waals surface area contributed by atoms with Crippen molar-refractivity contribution in [2.75, 3.05) is 0 Å². The van der Waals surface area contributed by atoms with E-state index in [9.17, 15) is 0 Å². The molecule has 10 aromatic carbocycles. The van der Waals surface area contributed by atoms with Crippen molar-refractivity contribution in [1.29, 1.82) is 0 Å². The fourth-order valence-electron chi connectivity index (χ4n) is 9.68. The normalized spacial score (nSPS) is 13.7. The Kier molecular flexibility index (Phi) is 5.55. The van der Waals surface area contributed by atoms with Crippen molar-refractivity contribution < 1.29 is 0 Å². The van der Waals surface area contributed by atoms with Gasteiger partial charge in [-0.3, -0.25) is 0 Å². The van der Waals surface area contributed by atoms with Crippen molar-refractivity contribution in [2.45, 2.75) is 19.3 Å². The van der Waals surface area contributed by atoms with Crippen LogP contribution >= 0.6 is 11.3 Å². The first-order chi connectivity index (χ1) is 25.5. The van der Waals surface area contributed by atoms with Gasteiger partial charge in [-0.25, -0.2) is 0 Å². The van der Waals surface area contributed by atoms with E-state index >= 15 is 0 Å². The molecule has 52 heavy (non-hydrogen) atoms. The van der Waals surface area contributed by atoms with E-state index in [-0.39, 0.29) is 5.41 Å². The molecule has 11 aromatic rings. The molecule has 0 fully saturated rings. The average Bonchev–Trinajstić information content (AvgIpc) is 3.67. The fourth-order valence-corrected chi connectivity index (χ4v) is 10.7. The minimum absolute atomic E-state index is 0.109. The van der Waals surface area contributed by atoms with Gasteiger partial charge in [0.2, 0.25) is 0 Å². The van der Waals surface area contributed by atoms with Crippen molar-refractivity contribution in [1.82, 2.24) is 0 Å². The Morgan fingerprint density at radius 3 is 1.71 bits per heavy atom. The zero-order chi connectivity index (χ0) is 34.3. The van der Waals surface area contributed by atoms with Crippen LogP contribution in [0.25, 0.3) is 107 Å². The van der Waals surface area contributed by atoms with Crippen LogP contribution in [0.2, 0.25) is 0 Å². The van der Waals surface area contributed by atoms with Gasteiger partial charge in [0.1, 0.15) is 0 Å². The van der Waals surface area contributed by atoms with E-state index in [4.69, 9.17) is 0 Å². The van der Waals surface area contributed by atoms with Crippen LogP contribution < -0.4 is 0 Å². The average molecular weight is 677 g/mol. The van der Waals surface area contributed by atoms with Crippen LogP contribution in [0.1, 0.15) is 25.0 Å². The molecular formula is C51H32S. The highest BCUT2D eigenvalue weighted by Gasteiger charge is 2.38. The molecule has 0 saturated carbocycles. The van der Waals surface area contributed by atoms with Gasteiger partial charge in [0, 0.05) is 25.6 Å². The Morgan fingerprint density at radius 1 is 0.365 bits per heavy atom. The SMILES string of the molecule is CC1(C)c2ccc3ccccc3c2-c2c1cc(-c1ccc3sc4ccc(-c5ccc6ccc7cccc8ccc5c6c78)cc4c3c1)c1ccccc21. The Balaban J connectivity index is 1.07. The Morgan fingerprint density at radius 2 is 0.942 bits per heavy atom. The van der Waals surface area contributed by atoms with E-state index in [1.165, 1.54) is 119 Å². The first kappa shape index (κ1) is 28.7. The second-order valence-electron chi connectivity index (χ2n) is 15.2. The number of benzene rings is 10. The standard InChI is InChI=1S/C51H32S/c1-51(2)43-23-18-29-8-3-4-11-36(29)49(43)50-38-13-6-5-12-37(38)40(28-44(50)51)34-20-25-46-42(27-34)41-26-33(19-24-45(41)52-46)35-21-16-32-15-14-30-9-7-10-31-17-22-39(35)48(32)47(30)31/h3-28H,1-2H3. The van der Waals surface area contributed by atoms with Gasteiger partial charge >= 0.3 is 0 Å². The monoisotopic (exact) mass is 676 g/mol. The predicted molar refractivity (Wildman–Crippen MR) is 226 cm³/mol. The quantitative estimate of drug-likeness (QED) is 0.160. The molecule has 0 aliphatic heterocycles. The summed E-state index contributed by atoms with van der Waals surface area (Å²) in [7, 11) is 0. The summed E-state index contributed by atoms with van der Waals surface area (Å²) in [5, 5.41) is 15.9. The summed E-state index contributed by atoms with van der Waals surface area (Å²) < 4.78 is 2.66. The first-order valence-electron chi connectivity index (χ1n) is 18.3. The fraction of sp³-hybridized carbons (Fsp3) is 0.0588. The maximum Gasteiger partial charge on any atom is 0.0355 e. The van der Waals surface area contributed by atoms with Crippen LogP contribution in [0.4, 0.5) is 0 Å². The Bertz CT molecular complexity index is 3300. The summed E-state index contributed by atoms with van der Waals surface area (Å²) in [6.45, 7) is 4.81. The number of hydrogen-bond donors (Lipinski definition) is 0. The molecule has 1 aromatic heterocycles. The molecule has 0 amide bonds. The van der Waals surface area contributed by atoms with E-state index in [1.807, 2.05) is 11.3 Å². The number of thiophene rings is 1. The highest BCUT2D eigenvalue weighted by atomic mass is 32.1. The van der Waals surface area contributed by atoms with Crippen LogP contribution in [0.15, 0.2) is 158 Å². The number of hydrogen-bond acceptors (Lipinski definition) is 1. The summed E-state index contributed by atoms with van der Waals surface area (Å²) >= 11 is 1.90. The van der Waals surface area contributed by atoms with Gasteiger partial charge in [-0.05, 0) is 129 Å². The third kappa shape index (κ3) is 3.71. The number of rotatable bonds is 2. The van der Waals surface area contributed by atoms with E-state index in [0.29, 0.717) is 0 Å². The van der Waals surface area contributed by atoms with Gasteiger partial charge in [-0.15, -0.1) is 11.3 Å². The van der Waals surface area contributed by atoms with Crippen LogP contribution in [-0.4, -0.2) is 0 Å². The van der Waals surface area contributed by atoms with E-state index in [1.54, 1.807) is 0 Å². The topological polar surface area (TPSA) is 0 Å². The molecule has 0 unspecified atom stereocenters. The predicted octanol–water partition coefficient (Wildman–Crippen LogP) is 14.9. The van der Waals surface area contributed by atoms with E-state index in [2.05, 4.69) is 172 Å². The van der Waals surface area contributed by atoms with Gasteiger partial charge in [0.15, 0.2) is 0 Å². The lowest BCUT2D eigenvalue weighted by atomic mass is 9.80. The Hall–Kier alpha value is -6.02. The minimum Gasteiger partial charge on any atom is -0.135 e. The Labute approximate surface area is 305 Å². The molecule has 242 valence electrons. The van der Waals surface area contributed by atoms with Crippen LogP contribution in [0, 0.1) is 0 Å². The molecule has 0 radical (unpaired) electrons. The van der Waals surface area contributed by atoms with Crippen molar-refractivity contribution in [3.8, 4) is 33.4 Å². The van der Waals surface area contributed by atoms with Gasteiger partial charge in [0.05, 0.1) is 0 Å². The summed E-state index contributed by atoms with van der Waals surface area (Å²) in [4.78, 5) is 0. The van der Waals surface area contributed by atoms with Crippen LogP contribution in [0.3, 0.4) is 0 Å². The smallest absolute Gasteiger partial charge is 0.0355 e. The molecule has 0 spiro atoms. The largest absolute Gasteiger partial charge is 0.135 e. The van der Waals surface area contributed by atoms with Gasteiger partial charge in [-0.1, -0.05) is 141 Å². The minimum atomic E-state index is -0.109. The van der Waals surface area contributed by atoms with E-state index < -0.39 is 0 Å². The maximum absolute atomic E-state index is 2.51. The summed E-state index contributed by atoms with van der Waals surface area (Å²) in [5.41, 5.74) is 10.7. The lowest BCUT2D eigenvalue weighted by Crippen LogP contribution is -2.15. The molecular weight excluding hydrogens is 645 g/mol. The molecule has 0 saturated heterocycles. The lowest BCUT2D eigenvalue weighted by Gasteiger charge is -2.23. The molecule has 0 atom stereocenters. The summed E-state index contributed by atoms with van der Waals surface area (Å²) in [6, 6.07) is 59.8. The zero-order valence-corrected chi connectivity index (χ0v) is 29.7. The second-order valence-corrected chi connectivity index (χ2v) is 16.3. The van der Waals surface area contributed by atoms with E-state index in [0.717, 1.165) is 0 Å². The lowest BCUT2D eigenvalue weighted by molar-refractivity contribution is 0.661. The summed E-state index contributed by atoms with van der Waals surface area (Å²) in [6.07, 6.45) is 0. The van der Waals surface area contributed by atoms with Crippen LogP contribution in [-0.2, 0) is 5.41 Å². The molecule has 0 bridgehead atoms. The number of fused-ring (bicyclic) bond motifs is 10. The van der Waals surface area contributed by atoms with Crippen molar-refractivity contribution >= 4 is 85.4 Å². The van der Waals surface area contributed by atoms with Crippen molar-refractivity contribution in [3.05, 3.63) is 169 Å². The summed E-state index contributed by atoms with van der Waals surface area (Å²) in [5.74, 6) is 0. The van der Waals surface area contributed by atoms with Gasteiger partial charge in [-0.2, -0.15) is 0 Å². The van der Waals surface area contributed by atoms with Crippen molar-refractivity contribution in [2.24, 2.45) is 0 Å². The highest BCUT2D eigenvalue weighted by molar-refractivity contribution is 7.25. The molecule has 1 heteroatoms. The molecule has 1 aliphatic rings. The molecule has 1 heterocycles. The molecule has 0 N–H and O–H groups in total. The van der Waals surface area contributed by atoms with Gasteiger partial charge in [0.25, 0.3) is 0 Å². The van der Waals surface area contributed by atoms with Crippen molar-refractivity contribution in [3.63, 3.8) is 0 Å². The second kappa shape index (κ2) is 10.1. The maximum atomic E-state index is 2.51. The van der Waals surface area contributed by atoms with Crippen LogP contribution in [0.5, 0.6) is 0 Å². The first-order valence-corrected chi connectivity index (χ1v) is 19.1. The highest BCUT2D eigenvalue weighted by Crippen LogP contribution is 2.55.